The van der Waals surface area contributed by atoms with Crippen LogP contribution in [0.4, 0.5) is 5.82 Å². The third kappa shape index (κ3) is 3.32. The van der Waals surface area contributed by atoms with E-state index in [0.29, 0.717) is 12.0 Å². The van der Waals surface area contributed by atoms with Crippen LogP contribution >= 0.6 is 11.6 Å². The molecule has 0 saturated heterocycles. The summed E-state index contributed by atoms with van der Waals surface area (Å²) in [5.41, 5.74) is 1.08. The Morgan fingerprint density at radius 3 is 2.94 bits per heavy atom. The topological polar surface area (TPSA) is 37.8 Å². The van der Waals surface area contributed by atoms with Gasteiger partial charge in [-0.3, -0.25) is 0 Å². The zero-order chi connectivity index (χ0) is 12.1. The number of aromatic nitrogens is 2. The molecule has 1 aliphatic carbocycles. The Kier molecular flexibility index (Phi) is 4.60. The summed E-state index contributed by atoms with van der Waals surface area (Å²) in [7, 11) is 0. The minimum Gasteiger partial charge on any atom is -0.367 e. The molecule has 0 aromatic carbocycles. The smallest absolute Gasteiger partial charge is 0.129 e. The van der Waals surface area contributed by atoms with E-state index in [1.165, 1.54) is 25.7 Å². The molecule has 1 fully saturated rings. The first kappa shape index (κ1) is 12.6. The second-order valence-corrected chi connectivity index (χ2v) is 5.01. The predicted molar refractivity (Wildman–Crippen MR) is 71.5 cm³/mol. The Labute approximate surface area is 108 Å². The molecule has 2 atom stereocenters. The molecule has 0 aliphatic heterocycles. The van der Waals surface area contributed by atoms with Crippen molar-refractivity contribution in [3.8, 4) is 0 Å². The first-order chi connectivity index (χ1) is 8.33. The molecule has 94 valence electrons. The summed E-state index contributed by atoms with van der Waals surface area (Å²) in [6.07, 6.45) is 7.60. The normalized spacial score (nSPS) is 24.6. The Balaban J connectivity index is 2.02. The quantitative estimate of drug-likeness (QED) is 0.837. The molecule has 1 aromatic heterocycles. The molecule has 1 saturated carbocycles. The van der Waals surface area contributed by atoms with E-state index < -0.39 is 0 Å². The molecular formula is C13H20ClN3. The number of hydrogen-bond donors (Lipinski definition) is 1. The summed E-state index contributed by atoms with van der Waals surface area (Å²) in [5, 5.41) is 3.52. The molecule has 1 aromatic rings. The van der Waals surface area contributed by atoms with Crippen LogP contribution in [-0.4, -0.2) is 21.9 Å². The number of halogens is 1. The molecule has 1 N–H and O–H groups in total. The van der Waals surface area contributed by atoms with Gasteiger partial charge in [-0.1, -0.05) is 19.8 Å². The van der Waals surface area contributed by atoms with Crippen LogP contribution in [0.5, 0.6) is 0 Å². The van der Waals surface area contributed by atoms with Gasteiger partial charge in [0.15, 0.2) is 0 Å². The number of nitrogens with one attached hydrogen (secondary N) is 1. The van der Waals surface area contributed by atoms with Crippen molar-refractivity contribution in [1.82, 2.24) is 9.97 Å². The van der Waals surface area contributed by atoms with Crippen LogP contribution in [0.2, 0.25) is 0 Å². The van der Waals surface area contributed by atoms with Crippen LogP contribution in [0, 0.1) is 5.92 Å². The fourth-order valence-electron chi connectivity index (χ4n) is 2.44. The van der Waals surface area contributed by atoms with Gasteiger partial charge in [-0.25, -0.2) is 9.97 Å². The molecule has 4 heteroatoms. The summed E-state index contributed by atoms with van der Waals surface area (Å²) in [6.45, 7) is 2.11. The van der Waals surface area contributed by atoms with Gasteiger partial charge in [0.05, 0.1) is 0 Å². The van der Waals surface area contributed by atoms with Crippen molar-refractivity contribution in [3.63, 3.8) is 0 Å². The minimum absolute atomic E-state index is 0.473. The van der Waals surface area contributed by atoms with Crippen molar-refractivity contribution >= 4 is 17.4 Å². The standard InChI is InChI=1S/C13H20ClN3/c1-2-11-7-13(16-9-15-11)17-12-6-4-3-5-10(12)8-14/h7,9-10,12H,2-6,8H2,1H3,(H,15,16,17). The van der Waals surface area contributed by atoms with E-state index in [4.69, 9.17) is 11.6 Å². The first-order valence-corrected chi connectivity index (χ1v) is 7.00. The molecule has 17 heavy (non-hydrogen) atoms. The third-order valence-electron chi connectivity index (χ3n) is 3.53. The lowest BCUT2D eigenvalue weighted by molar-refractivity contribution is 0.352. The Morgan fingerprint density at radius 2 is 2.18 bits per heavy atom. The lowest BCUT2D eigenvalue weighted by Crippen LogP contribution is -2.33. The van der Waals surface area contributed by atoms with Gasteiger partial charge in [-0.2, -0.15) is 0 Å². The molecule has 1 heterocycles. The highest BCUT2D eigenvalue weighted by Gasteiger charge is 2.24. The highest BCUT2D eigenvalue weighted by atomic mass is 35.5. The molecule has 0 spiro atoms. The Morgan fingerprint density at radius 1 is 1.35 bits per heavy atom. The molecule has 2 unspecified atom stereocenters. The van der Waals surface area contributed by atoms with Gasteiger partial charge in [0.25, 0.3) is 0 Å². The maximum absolute atomic E-state index is 6.03. The third-order valence-corrected chi connectivity index (χ3v) is 3.92. The average Bonchev–Trinajstić information content (AvgIpc) is 2.39. The maximum atomic E-state index is 6.03. The number of anilines is 1. The lowest BCUT2D eigenvalue weighted by Gasteiger charge is -2.31. The summed E-state index contributed by atoms with van der Waals surface area (Å²) in [5.74, 6) is 2.26. The van der Waals surface area contributed by atoms with E-state index in [1.807, 2.05) is 6.07 Å². The van der Waals surface area contributed by atoms with Crippen molar-refractivity contribution in [2.75, 3.05) is 11.2 Å². The van der Waals surface area contributed by atoms with Gasteiger partial charge in [0, 0.05) is 23.7 Å². The summed E-state index contributed by atoms with van der Waals surface area (Å²) >= 11 is 6.03. The molecular weight excluding hydrogens is 234 g/mol. The van der Waals surface area contributed by atoms with Crippen molar-refractivity contribution in [2.45, 2.75) is 45.1 Å². The zero-order valence-corrected chi connectivity index (χ0v) is 11.1. The Hall–Kier alpha value is -0.830. The van der Waals surface area contributed by atoms with Crippen LogP contribution < -0.4 is 5.32 Å². The second kappa shape index (κ2) is 6.20. The van der Waals surface area contributed by atoms with Crippen LogP contribution in [-0.2, 0) is 6.42 Å². The fourth-order valence-corrected chi connectivity index (χ4v) is 2.81. The SMILES string of the molecule is CCc1cc(NC2CCCCC2CCl)ncn1. The molecule has 3 nitrogen and oxygen atoms in total. The number of nitrogens with zero attached hydrogens (tertiary/aromatic N) is 2. The van der Waals surface area contributed by atoms with E-state index in [2.05, 4.69) is 22.2 Å². The second-order valence-electron chi connectivity index (χ2n) is 4.70. The average molecular weight is 254 g/mol. The van der Waals surface area contributed by atoms with E-state index >= 15 is 0 Å². The van der Waals surface area contributed by atoms with Crippen molar-refractivity contribution < 1.29 is 0 Å². The Bertz CT molecular complexity index is 356. The molecule has 0 bridgehead atoms. The summed E-state index contributed by atoms with van der Waals surface area (Å²) < 4.78 is 0. The van der Waals surface area contributed by atoms with Gasteiger partial charge < -0.3 is 5.32 Å². The maximum Gasteiger partial charge on any atom is 0.129 e. The largest absolute Gasteiger partial charge is 0.367 e. The van der Waals surface area contributed by atoms with Gasteiger partial charge in [-0.15, -0.1) is 11.6 Å². The van der Waals surface area contributed by atoms with Crippen LogP contribution in [0.15, 0.2) is 12.4 Å². The summed E-state index contributed by atoms with van der Waals surface area (Å²) in [6, 6.07) is 2.51. The molecule has 0 amide bonds. The van der Waals surface area contributed by atoms with Gasteiger partial charge in [0.2, 0.25) is 0 Å². The lowest BCUT2D eigenvalue weighted by atomic mass is 9.86. The zero-order valence-electron chi connectivity index (χ0n) is 10.3. The van der Waals surface area contributed by atoms with E-state index in [1.54, 1.807) is 6.33 Å². The van der Waals surface area contributed by atoms with Crippen molar-refractivity contribution in [1.29, 1.82) is 0 Å². The molecule has 2 rings (SSSR count). The number of hydrogen-bond acceptors (Lipinski definition) is 3. The molecule has 1 aliphatic rings. The first-order valence-electron chi connectivity index (χ1n) is 6.47. The van der Waals surface area contributed by atoms with E-state index in [-0.39, 0.29) is 0 Å². The fraction of sp³-hybridized carbons (Fsp3) is 0.692. The van der Waals surface area contributed by atoms with Crippen LogP contribution in [0.25, 0.3) is 0 Å². The van der Waals surface area contributed by atoms with Crippen molar-refractivity contribution in [2.24, 2.45) is 5.92 Å². The predicted octanol–water partition coefficient (Wildman–Crippen LogP) is 3.25. The van der Waals surface area contributed by atoms with Gasteiger partial charge in [0.1, 0.15) is 12.1 Å². The molecule has 0 radical (unpaired) electrons. The number of rotatable bonds is 4. The highest BCUT2D eigenvalue weighted by molar-refractivity contribution is 6.18. The van der Waals surface area contributed by atoms with Gasteiger partial charge >= 0.3 is 0 Å². The number of aryl methyl sites for hydroxylation is 1. The van der Waals surface area contributed by atoms with Crippen LogP contribution in [0.1, 0.15) is 38.3 Å². The monoisotopic (exact) mass is 253 g/mol. The van der Waals surface area contributed by atoms with E-state index in [9.17, 15) is 0 Å². The van der Waals surface area contributed by atoms with Crippen molar-refractivity contribution in [3.05, 3.63) is 18.1 Å². The highest BCUT2D eigenvalue weighted by Crippen LogP contribution is 2.27. The van der Waals surface area contributed by atoms with E-state index in [0.717, 1.165) is 23.8 Å². The minimum atomic E-state index is 0.473. The number of alkyl halides is 1. The van der Waals surface area contributed by atoms with Crippen LogP contribution in [0.3, 0.4) is 0 Å². The van der Waals surface area contributed by atoms with Gasteiger partial charge in [-0.05, 0) is 25.2 Å². The summed E-state index contributed by atoms with van der Waals surface area (Å²) in [4.78, 5) is 8.50.